The lowest BCUT2D eigenvalue weighted by molar-refractivity contribution is -0.150. The third-order valence-electron chi connectivity index (χ3n) is 4.44. The van der Waals surface area contributed by atoms with Gasteiger partial charge in [-0.25, -0.2) is 0 Å². The van der Waals surface area contributed by atoms with Crippen LogP contribution in [0.3, 0.4) is 0 Å². The van der Waals surface area contributed by atoms with E-state index in [1.165, 1.54) is 12.8 Å². The topological polar surface area (TPSA) is 44.8 Å². The molecule has 0 aromatic carbocycles. The molecule has 2 aliphatic heterocycles. The largest absolute Gasteiger partial charge is 0.453 e. The molecule has 0 aromatic heterocycles. The second-order valence-electron chi connectivity index (χ2n) is 6.29. The van der Waals surface area contributed by atoms with Gasteiger partial charge in [0.05, 0.1) is 5.41 Å². The van der Waals surface area contributed by atoms with Crippen molar-refractivity contribution in [2.24, 2.45) is 5.41 Å². The maximum Gasteiger partial charge on any atom is 0.315 e. The van der Waals surface area contributed by atoms with Crippen LogP contribution in [0.1, 0.15) is 46.0 Å². The highest BCUT2D eigenvalue weighted by atomic mass is 16.6. The van der Waals surface area contributed by atoms with Crippen LogP contribution in [0.2, 0.25) is 0 Å². The first-order valence-electron chi connectivity index (χ1n) is 7.04. The van der Waals surface area contributed by atoms with Gasteiger partial charge in [-0.05, 0) is 26.7 Å². The summed E-state index contributed by atoms with van der Waals surface area (Å²) in [5.74, 6) is -0.143. The van der Waals surface area contributed by atoms with Gasteiger partial charge in [-0.1, -0.05) is 12.8 Å². The third kappa shape index (κ3) is 1.77. The summed E-state index contributed by atoms with van der Waals surface area (Å²) in [5, 5.41) is 0. The molecule has 18 heavy (non-hydrogen) atoms. The predicted octanol–water partition coefficient (Wildman–Crippen LogP) is 2.06. The van der Waals surface area contributed by atoms with Crippen molar-refractivity contribution >= 4 is 5.97 Å². The van der Waals surface area contributed by atoms with E-state index in [1.807, 2.05) is 13.8 Å². The predicted molar refractivity (Wildman–Crippen MR) is 65.2 cm³/mol. The zero-order valence-electron chi connectivity index (χ0n) is 11.2. The summed E-state index contributed by atoms with van der Waals surface area (Å²) in [4.78, 5) is 12.0. The molecule has 3 atom stereocenters. The zero-order chi connectivity index (χ0) is 12.8. The number of carbonyl (C=O) groups is 1. The Kier molecular flexibility index (Phi) is 2.90. The molecule has 2 heterocycles. The molecule has 0 bridgehead atoms. The highest BCUT2D eigenvalue weighted by Crippen LogP contribution is 2.57. The normalized spacial score (nSPS) is 43.3. The van der Waals surface area contributed by atoms with Gasteiger partial charge in [0, 0.05) is 19.6 Å². The van der Waals surface area contributed by atoms with Gasteiger partial charge in [0.25, 0.3) is 0 Å². The van der Waals surface area contributed by atoms with Crippen LogP contribution in [0.5, 0.6) is 0 Å². The first kappa shape index (κ1) is 12.4. The maximum absolute atomic E-state index is 12.0. The minimum absolute atomic E-state index is 0.0475. The lowest BCUT2D eigenvalue weighted by atomic mass is 9.85. The van der Waals surface area contributed by atoms with Crippen molar-refractivity contribution in [3.63, 3.8) is 0 Å². The maximum atomic E-state index is 12.0. The number of hydrogen-bond donors (Lipinski definition) is 0. The van der Waals surface area contributed by atoms with Crippen molar-refractivity contribution in [2.75, 3.05) is 13.2 Å². The van der Waals surface area contributed by atoms with E-state index >= 15 is 0 Å². The zero-order valence-corrected chi connectivity index (χ0v) is 11.2. The fraction of sp³-hybridized carbons (Fsp3) is 0.929. The average molecular weight is 254 g/mol. The highest BCUT2D eigenvalue weighted by molar-refractivity contribution is 5.81. The summed E-state index contributed by atoms with van der Waals surface area (Å²) < 4.78 is 17.5. The number of rotatable bonds is 0. The molecule has 0 amide bonds. The van der Waals surface area contributed by atoms with E-state index in [1.54, 1.807) is 0 Å². The van der Waals surface area contributed by atoms with Gasteiger partial charge >= 0.3 is 5.97 Å². The summed E-state index contributed by atoms with van der Waals surface area (Å²) in [6.45, 7) is 5.34. The van der Waals surface area contributed by atoms with Crippen LogP contribution in [-0.4, -0.2) is 37.0 Å². The quantitative estimate of drug-likeness (QED) is 0.621. The van der Waals surface area contributed by atoms with Gasteiger partial charge in [0.15, 0.2) is 5.60 Å². The molecule has 4 nitrogen and oxygen atoms in total. The molecule has 3 rings (SSSR count). The molecule has 3 fully saturated rings. The molecule has 0 aromatic rings. The van der Waals surface area contributed by atoms with E-state index in [0.29, 0.717) is 0 Å². The first-order valence-corrected chi connectivity index (χ1v) is 7.04. The second-order valence-corrected chi connectivity index (χ2v) is 6.29. The number of hydrogen-bond acceptors (Lipinski definition) is 4. The molecule has 1 unspecified atom stereocenters. The Balaban J connectivity index is 1.80. The summed E-state index contributed by atoms with van der Waals surface area (Å²) >= 11 is 0. The van der Waals surface area contributed by atoms with Gasteiger partial charge in [0.1, 0.15) is 12.2 Å². The Hall–Kier alpha value is -0.610. The second kappa shape index (κ2) is 4.20. The van der Waals surface area contributed by atoms with Crippen LogP contribution < -0.4 is 0 Å². The molecule has 0 N–H and O–H groups in total. The Morgan fingerprint density at radius 1 is 1.06 bits per heavy atom. The molecule has 1 aliphatic carbocycles. The van der Waals surface area contributed by atoms with Crippen LogP contribution in [-0.2, 0) is 19.0 Å². The van der Waals surface area contributed by atoms with Crippen molar-refractivity contribution in [3.05, 3.63) is 0 Å². The molecule has 0 radical (unpaired) electrons. The monoisotopic (exact) mass is 254 g/mol. The van der Waals surface area contributed by atoms with Crippen LogP contribution >= 0.6 is 0 Å². The minimum atomic E-state index is -0.549. The lowest BCUT2D eigenvalue weighted by Gasteiger charge is -2.26. The molecular weight excluding hydrogens is 232 g/mol. The molecular formula is C14H22O4. The fourth-order valence-electron chi connectivity index (χ4n) is 3.22. The Morgan fingerprint density at radius 2 is 1.72 bits per heavy atom. The molecule has 2 saturated heterocycles. The van der Waals surface area contributed by atoms with Gasteiger partial charge in [-0.2, -0.15) is 0 Å². The highest BCUT2D eigenvalue weighted by Gasteiger charge is 2.74. The summed E-state index contributed by atoms with van der Waals surface area (Å²) in [6, 6.07) is 0. The van der Waals surface area contributed by atoms with Crippen molar-refractivity contribution in [1.29, 1.82) is 0 Å². The average Bonchev–Trinajstić information content (AvgIpc) is 2.94. The van der Waals surface area contributed by atoms with Crippen LogP contribution in [0.4, 0.5) is 0 Å². The third-order valence-corrected chi connectivity index (χ3v) is 4.44. The van der Waals surface area contributed by atoms with E-state index < -0.39 is 11.0 Å². The molecule has 4 heteroatoms. The Labute approximate surface area is 108 Å². The molecule has 1 spiro atoms. The molecule has 102 valence electrons. The number of ether oxygens (including phenoxy) is 3. The minimum Gasteiger partial charge on any atom is -0.453 e. The van der Waals surface area contributed by atoms with Gasteiger partial charge < -0.3 is 14.2 Å². The molecule has 3 aliphatic rings. The van der Waals surface area contributed by atoms with E-state index in [4.69, 9.17) is 14.2 Å². The SMILES string of the molecule is CC1(C)C(=O)O[C@]23CC2OCCCCCCO[C@@H]13. The first-order chi connectivity index (χ1) is 8.57. The van der Waals surface area contributed by atoms with Crippen LogP contribution in [0.25, 0.3) is 0 Å². The van der Waals surface area contributed by atoms with E-state index in [0.717, 1.165) is 32.5 Å². The Bertz CT molecular complexity index is 352. The number of esters is 1. The van der Waals surface area contributed by atoms with Crippen molar-refractivity contribution in [3.8, 4) is 0 Å². The summed E-state index contributed by atoms with van der Waals surface area (Å²) in [6.07, 6.45) is 5.20. The van der Waals surface area contributed by atoms with Crippen LogP contribution in [0, 0.1) is 5.41 Å². The van der Waals surface area contributed by atoms with E-state index in [-0.39, 0.29) is 18.2 Å². The van der Waals surface area contributed by atoms with Gasteiger partial charge in [-0.15, -0.1) is 0 Å². The van der Waals surface area contributed by atoms with Gasteiger partial charge in [0.2, 0.25) is 0 Å². The molecule has 1 saturated carbocycles. The Morgan fingerprint density at radius 3 is 2.44 bits per heavy atom. The van der Waals surface area contributed by atoms with Crippen LogP contribution in [0.15, 0.2) is 0 Å². The summed E-state index contributed by atoms with van der Waals surface area (Å²) in [7, 11) is 0. The van der Waals surface area contributed by atoms with Crippen molar-refractivity contribution in [2.45, 2.75) is 63.8 Å². The smallest absolute Gasteiger partial charge is 0.315 e. The van der Waals surface area contributed by atoms with E-state index in [2.05, 4.69) is 0 Å². The number of carbonyl (C=O) groups excluding carboxylic acids is 1. The standard InChI is InChI=1S/C14H22O4/c1-13(2)11-14(18-12(13)15)9-10(14)16-7-5-3-4-6-8-17-11/h10-11H,3-9H2,1-2H3/t10?,11-,14+/m0/s1. The summed E-state index contributed by atoms with van der Waals surface area (Å²) in [5.41, 5.74) is -1.03. The fourth-order valence-corrected chi connectivity index (χ4v) is 3.22. The lowest BCUT2D eigenvalue weighted by Crippen LogP contribution is -2.40. The van der Waals surface area contributed by atoms with E-state index in [9.17, 15) is 4.79 Å². The van der Waals surface area contributed by atoms with Gasteiger partial charge in [-0.3, -0.25) is 4.79 Å². The van der Waals surface area contributed by atoms with Crippen molar-refractivity contribution in [1.82, 2.24) is 0 Å². The van der Waals surface area contributed by atoms with Crippen molar-refractivity contribution < 1.29 is 19.0 Å².